The van der Waals surface area contributed by atoms with Crippen molar-refractivity contribution in [3.8, 4) is 34.4 Å². The van der Waals surface area contributed by atoms with Crippen LogP contribution in [0.3, 0.4) is 0 Å². The van der Waals surface area contributed by atoms with E-state index in [9.17, 15) is 0 Å². The van der Waals surface area contributed by atoms with Crippen LogP contribution in [0.4, 0.5) is 0 Å². The summed E-state index contributed by atoms with van der Waals surface area (Å²) in [5.41, 5.74) is 10.4. The summed E-state index contributed by atoms with van der Waals surface area (Å²) < 4.78 is 10.9. The fourth-order valence-corrected chi connectivity index (χ4v) is 8.06. The maximum absolute atomic E-state index is 6.30. The van der Waals surface area contributed by atoms with Crippen molar-refractivity contribution in [2.45, 2.75) is 12.8 Å². The molecule has 0 spiro atoms. The number of para-hydroxylation sites is 4. The molecular formula is C45H29N5O. The number of allylic oxidation sites excluding steroid dienone is 1. The summed E-state index contributed by atoms with van der Waals surface area (Å²) in [6, 6.07) is 48.5. The number of fused-ring (bicyclic) bond motifs is 9. The minimum atomic E-state index is 0.604. The van der Waals surface area contributed by atoms with Crippen LogP contribution in [0, 0.1) is 0 Å². The average molecular weight is 656 g/mol. The fourth-order valence-electron chi connectivity index (χ4n) is 8.06. The molecule has 10 aromatic rings. The fraction of sp³-hybridized carbons (Fsp3) is 0.0444. The molecule has 240 valence electrons. The van der Waals surface area contributed by atoms with Gasteiger partial charge < -0.3 is 8.98 Å². The van der Waals surface area contributed by atoms with Gasteiger partial charge in [-0.1, -0.05) is 109 Å². The Balaban J connectivity index is 1.19. The minimum absolute atomic E-state index is 0.604. The van der Waals surface area contributed by atoms with Crippen LogP contribution in [0.25, 0.3) is 95.1 Å². The van der Waals surface area contributed by atoms with Crippen LogP contribution in [0.1, 0.15) is 17.7 Å². The highest BCUT2D eigenvalue weighted by atomic mass is 16.3. The van der Waals surface area contributed by atoms with Crippen LogP contribution in [0.15, 0.2) is 150 Å². The normalized spacial score (nSPS) is 12.9. The third-order valence-electron chi connectivity index (χ3n) is 10.3. The predicted octanol–water partition coefficient (Wildman–Crippen LogP) is 11.1. The van der Waals surface area contributed by atoms with Crippen molar-refractivity contribution in [3.63, 3.8) is 0 Å². The zero-order valence-electron chi connectivity index (χ0n) is 27.5. The van der Waals surface area contributed by atoms with Gasteiger partial charge in [0.05, 0.1) is 16.6 Å². The van der Waals surface area contributed by atoms with E-state index >= 15 is 0 Å². The number of benzene rings is 6. The lowest BCUT2D eigenvalue weighted by molar-refractivity contribution is 0.669. The number of hydrogen-bond acceptors (Lipinski definition) is 4. The Morgan fingerprint density at radius 3 is 1.98 bits per heavy atom. The van der Waals surface area contributed by atoms with Gasteiger partial charge in [-0.25, -0.2) is 4.98 Å². The Morgan fingerprint density at radius 1 is 0.529 bits per heavy atom. The van der Waals surface area contributed by atoms with Gasteiger partial charge in [-0.2, -0.15) is 9.97 Å². The van der Waals surface area contributed by atoms with Crippen LogP contribution in [-0.2, 0) is 6.42 Å². The zero-order valence-corrected chi connectivity index (χ0v) is 27.5. The molecule has 11 rings (SSSR count). The molecule has 6 nitrogen and oxygen atoms in total. The molecule has 0 saturated carbocycles. The van der Waals surface area contributed by atoms with Crippen molar-refractivity contribution in [2.75, 3.05) is 0 Å². The molecule has 1 aliphatic carbocycles. The molecule has 0 bridgehead atoms. The number of rotatable bonds is 4. The van der Waals surface area contributed by atoms with Gasteiger partial charge in [0.15, 0.2) is 11.6 Å². The molecule has 4 aromatic heterocycles. The van der Waals surface area contributed by atoms with Crippen LogP contribution < -0.4 is 0 Å². The van der Waals surface area contributed by atoms with E-state index in [1.54, 1.807) is 0 Å². The molecule has 6 aromatic carbocycles. The molecule has 0 radical (unpaired) electrons. The zero-order chi connectivity index (χ0) is 33.5. The molecule has 51 heavy (non-hydrogen) atoms. The first-order chi connectivity index (χ1) is 25.3. The van der Waals surface area contributed by atoms with E-state index in [0.717, 1.165) is 68.1 Å². The highest BCUT2D eigenvalue weighted by molar-refractivity contribution is 6.12. The molecule has 0 N–H and O–H groups in total. The molecule has 0 aliphatic heterocycles. The van der Waals surface area contributed by atoms with E-state index in [1.165, 1.54) is 27.4 Å². The Morgan fingerprint density at radius 2 is 1.18 bits per heavy atom. The number of nitrogens with zero attached hydrogens (tertiary/aromatic N) is 5. The summed E-state index contributed by atoms with van der Waals surface area (Å²) in [5.74, 6) is 1.82. The predicted molar refractivity (Wildman–Crippen MR) is 207 cm³/mol. The second-order valence-corrected chi connectivity index (χ2v) is 13.1. The summed E-state index contributed by atoms with van der Waals surface area (Å²) in [6.07, 6.45) is 6.37. The van der Waals surface area contributed by atoms with Crippen molar-refractivity contribution in [1.82, 2.24) is 24.1 Å². The molecule has 1 aliphatic rings. The van der Waals surface area contributed by atoms with Gasteiger partial charge in [0.1, 0.15) is 11.2 Å². The summed E-state index contributed by atoms with van der Waals surface area (Å²) in [5, 5.41) is 5.68. The van der Waals surface area contributed by atoms with Crippen molar-refractivity contribution in [1.29, 1.82) is 0 Å². The monoisotopic (exact) mass is 655 g/mol. The van der Waals surface area contributed by atoms with E-state index in [1.807, 2.05) is 30.3 Å². The Labute approximate surface area is 292 Å². The van der Waals surface area contributed by atoms with Crippen molar-refractivity contribution in [3.05, 3.63) is 157 Å². The second kappa shape index (κ2) is 10.9. The SMILES string of the molecule is C1=Cc2c(n(-c3nc(-c4cccc(-n5c6ccccc6c6ccccc65)c4)nc(-c4cccc5oc6ccccc6c45)n3)c3ccccc23)CC1. The minimum Gasteiger partial charge on any atom is -0.456 e. The lowest BCUT2D eigenvalue weighted by Gasteiger charge is -2.15. The highest BCUT2D eigenvalue weighted by Crippen LogP contribution is 2.38. The smallest absolute Gasteiger partial charge is 0.238 e. The molecule has 0 saturated heterocycles. The molecule has 6 heteroatoms. The Hall–Kier alpha value is -6.79. The van der Waals surface area contributed by atoms with Crippen molar-refractivity contribution in [2.24, 2.45) is 0 Å². The van der Waals surface area contributed by atoms with Crippen LogP contribution in [0.2, 0.25) is 0 Å². The summed E-state index contributed by atoms with van der Waals surface area (Å²) in [6.45, 7) is 0. The maximum atomic E-state index is 6.30. The first-order valence-corrected chi connectivity index (χ1v) is 17.4. The van der Waals surface area contributed by atoms with Gasteiger partial charge in [-0.05, 0) is 55.3 Å². The molecule has 0 atom stereocenters. The standard InChI is InChI=1S/C45H29N5O/c1-6-21-36-30(15-1)31-16-2-7-22-37(31)49(36)29-14-11-13-28(27-29)43-46-44(35-20-12-26-41-42(35)34-19-5-10-25-40(34)51-41)48-45(47-43)50-38-23-8-3-17-32(38)33-18-4-9-24-39(33)50/h1-8,10-23,25-27H,9,24H2. The summed E-state index contributed by atoms with van der Waals surface area (Å²) >= 11 is 0. The van der Waals surface area contributed by atoms with Crippen LogP contribution in [-0.4, -0.2) is 24.1 Å². The Kier molecular flexibility index (Phi) is 5.98. The Bertz CT molecular complexity index is 3000. The second-order valence-electron chi connectivity index (χ2n) is 13.1. The number of aromatic nitrogens is 5. The first-order valence-electron chi connectivity index (χ1n) is 17.4. The van der Waals surface area contributed by atoms with Gasteiger partial charge in [0.2, 0.25) is 5.95 Å². The molecule has 0 amide bonds. The van der Waals surface area contributed by atoms with E-state index in [-0.39, 0.29) is 0 Å². The third-order valence-corrected chi connectivity index (χ3v) is 10.3. The van der Waals surface area contributed by atoms with E-state index in [0.29, 0.717) is 17.6 Å². The quantitative estimate of drug-likeness (QED) is 0.189. The van der Waals surface area contributed by atoms with E-state index < -0.39 is 0 Å². The van der Waals surface area contributed by atoms with Gasteiger partial charge >= 0.3 is 0 Å². The molecule has 0 unspecified atom stereocenters. The molecular weight excluding hydrogens is 627 g/mol. The van der Waals surface area contributed by atoms with Crippen molar-refractivity contribution < 1.29 is 4.42 Å². The third kappa shape index (κ3) is 4.20. The average Bonchev–Trinajstić information content (AvgIpc) is 3.86. The van der Waals surface area contributed by atoms with Crippen LogP contribution >= 0.6 is 0 Å². The highest BCUT2D eigenvalue weighted by Gasteiger charge is 2.23. The van der Waals surface area contributed by atoms with Crippen molar-refractivity contribution >= 4 is 60.7 Å². The summed E-state index contributed by atoms with van der Waals surface area (Å²) in [4.78, 5) is 15.8. The number of furan rings is 1. The lowest BCUT2D eigenvalue weighted by Crippen LogP contribution is -2.10. The van der Waals surface area contributed by atoms with Gasteiger partial charge in [0, 0.05) is 55.0 Å². The van der Waals surface area contributed by atoms with E-state index in [2.05, 4.69) is 130 Å². The number of hydrogen-bond donors (Lipinski definition) is 0. The summed E-state index contributed by atoms with van der Waals surface area (Å²) in [7, 11) is 0. The first kappa shape index (κ1) is 28.1. The van der Waals surface area contributed by atoms with Crippen LogP contribution in [0.5, 0.6) is 0 Å². The largest absolute Gasteiger partial charge is 0.456 e. The van der Waals surface area contributed by atoms with Gasteiger partial charge in [-0.15, -0.1) is 0 Å². The van der Waals surface area contributed by atoms with E-state index in [4.69, 9.17) is 19.4 Å². The lowest BCUT2D eigenvalue weighted by atomic mass is 10.0. The topological polar surface area (TPSA) is 61.7 Å². The molecule has 0 fully saturated rings. The maximum Gasteiger partial charge on any atom is 0.238 e. The van der Waals surface area contributed by atoms with Gasteiger partial charge in [0.25, 0.3) is 0 Å². The van der Waals surface area contributed by atoms with Gasteiger partial charge in [-0.3, -0.25) is 4.57 Å². The molecule has 4 heterocycles.